The number of carbonyl (C=O) groups is 1. The summed E-state index contributed by atoms with van der Waals surface area (Å²) in [5.74, 6) is 0.764. The van der Waals surface area contributed by atoms with Gasteiger partial charge in [-0.15, -0.1) is 0 Å². The highest BCUT2D eigenvalue weighted by Gasteiger charge is 2.39. The molecule has 0 spiro atoms. The number of aromatic nitrogens is 2. The van der Waals surface area contributed by atoms with Crippen molar-refractivity contribution in [2.45, 2.75) is 46.1 Å². The van der Waals surface area contributed by atoms with Gasteiger partial charge in [-0.2, -0.15) is 0 Å². The van der Waals surface area contributed by atoms with E-state index < -0.39 is 0 Å². The quantitative estimate of drug-likeness (QED) is 0.874. The summed E-state index contributed by atoms with van der Waals surface area (Å²) in [7, 11) is 0. The van der Waals surface area contributed by atoms with Crippen molar-refractivity contribution in [2.24, 2.45) is 17.1 Å². The summed E-state index contributed by atoms with van der Waals surface area (Å²) in [6.07, 6.45) is 7.34. The van der Waals surface area contributed by atoms with Gasteiger partial charge in [0.1, 0.15) is 0 Å². The van der Waals surface area contributed by atoms with Gasteiger partial charge in [-0.3, -0.25) is 14.8 Å². The van der Waals surface area contributed by atoms with E-state index in [0.717, 1.165) is 37.1 Å². The molecule has 0 aliphatic heterocycles. The highest BCUT2D eigenvalue weighted by Crippen LogP contribution is 2.38. The second-order valence-electron chi connectivity index (χ2n) is 6.00. The Bertz CT molecular complexity index is 449. The molecular formula is C15H24N4O. The molecule has 110 valence electrons. The van der Waals surface area contributed by atoms with E-state index in [2.05, 4.69) is 22.2 Å². The third kappa shape index (κ3) is 3.33. The van der Waals surface area contributed by atoms with Crippen LogP contribution >= 0.6 is 0 Å². The highest BCUT2D eigenvalue weighted by atomic mass is 16.2. The fourth-order valence-corrected chi connectivity index (χ4v) is 2.71. The Morgan fingerprint density at radius 1 is 1.40 bits per heavy atom. The predicted octanol–water partition coefficient (Wildman–Crippen LogP) is 1.56. The van der Waals surface area contributed by atoms with Gasteiger partial charge < -0.3 is 11.1 Å². The maximum atomic E-state index is 12.5. The van der Waals surface area contributed by atoms with Crippen LogP contribution in [0.2, 0.25) is 0 Å². The zero-order valence-corrected chi connectivity index (χ0v) is 12.4. The van der Waals surface area contributed by atoms with E-state index in [1.54, 1.807) is 12.4 Å². The number of carbonyl (C=O) groups excluding carboxylic acids is 1. The van der Waals surface area contributed by atoms with Crippen LogP contribution < -0.4 is 11.1 Å². The van der Waals surface area contributed by atoms with Crippen molar-refractivity contribution in [1.82, 2.24) is 15.3 Å². The number of hydrogen-bond donors (Lipinski definition) is 2. The van der Waals surface area contributed by atoms with E-state index in [9.17, 15) is 4.79 Å². The molecule has 5 nitrogen and oxygen atoms in total. The fraction of sp³-hybridized carbons (Fsp3) is 0.667. The zero-order valence-electron chi connectivity index (χ0n) is 12.4. The highest BCUT2D eigenvalue weighted by molar-refractivity contribution is 5.82. The van der Waals surface area contributed by atoms with Crippen LogP contribution in [0.5, 0.6) is 0 Å². The molecule has 20 heavy (non-hydrogen) atoms. The number of nitrogens with one attached hydrogen (secondary N) is 1. The molecule has 0 unspecified atom stereocenters. The van der Waals surface area contributed by atoms with E-state index in [-0.39, 0.29) is 11.3 Å². The monoisotopic (exact) mass is 276 g/mol. The SMILES string of the molecule is Cc1cnc(CNC(=O)C2(CN)CCC(C)CC2)cn1. The summed E-state index contributed by atoms with van der Waals surface area (Å²) >= 11 is 0. The van der Waals surface area contributed by atoms with Crippen LogP contribution in [-0.4, -0.2) is 22.4 Å². The van der Waals surface area contributed by atoms with Crippen molar-refractivity contribution in [2.75, 3.05) is 6.54 Å². The number of aryl methyl sites for hydroxylation is 1. The minimum Gasteiger partial charge on any atom is -0.350 e. The first-order chi connectivity index (χ1) is 9.55. The minimum absolute atomic E-state index is 0.0641. The van der Waals surface area contributed by atoms with Crippen molar-refractivity contribution in [3.8, 4) is 0 Å². The minimum atomic E-state index is -0.384. The molecule has 0 saturated heterocycles. The molecule has 1 heterocycles. The van der Waals surface area contributed by atoms with Crippen LogP contribution in [0.4, 0.5) is 0 Å². The Morgan fingerprint density at radius 3 is 2.65 bits per heavy atom. The summed E-state index contributed by atoms with van der Waals surface area (Å²) in [6.45, 7) is 4.97. The molecule has 2 rings (SSSR count). The largest absolute Gasteiger partial charge is 0.350 e. The molecule has 1 saturated carbocycles. The molecule has 1 aromatic heterocycles. The van der Waals surface area contributed by atoms with Crippen LogP contribution in [0.3, 0.4) is 0 Å². The molecule has 0 radical (unpaired) electrons. The molecule has 5 heteroatoms. The second kappa shape index (κ2) is 6.31. The van der Waals surface area contributed by atoms with E-state index in [4.69, 9.17) is 5.73 Å². The fourth-order valence-electron chi connectivity index (χ4n) is 2.71. The maximum absolute atomic E-state index is 12.5. The number of nitrogens with two attached hydrogens (primary N) is 1. The summed E-state index contributed by atoms with van der Waals surface area (Å²) in [5, 5.41) is 2.97. The van der Waals surface area contributed by atoms with Crippen LogP contribution in [0.15, 0.2) is 12.4 Å². The van der Waals surface area contributed by atoms with Gasteiger partial charge in [0.05, 0.1) is 29.5 Å². The second-order valence-corrected chi connectivity index (χ2v) is 6.00. The van der Waals surface area contributed by atoms with Gasteiger partial charge in [-0.05, 0) is 38.5 Å². The van der Waals surface area contributed by atoms with Crippen molar-refractivity contribution < 1.29 is 4.79 Å². The van der Waals surface area contributed by atoms with Gasteiger partial charge in [0.25, 0.3) is 0 Å². The van der Waals surface area contributed by atoms with Crippen molar-refractivity contribution in [3.63, 3.8) is 0 Å². The van der Waals surface area contributed by atoms with E-state index >= 15 is 0 Å². The van der Waals surface area contributed by atoms with Crippen LogP contribution in [0.25, 0.3) is 0 Å². The standard InChI is InChI=1S/C15H24N4O/c1-11-3-5-15(10-16,6-4-11)14(20)19-9-13-8-17-12(2)7-18-13/h7-8,11H,3-6,9-10,16H2,1-2H3,(H,19,20). The lowest BCUT2D eigenvalue weighted by Gasteiger charge is -2.37. The maximum Gasteiger partial charge on any atom is 0.227 e. The van der Waals surface area contributed by atoms with Gasteiger partial charge >= 0.3 is 0 Å². The Morgan fingerprint density at radius 2 is 2.10 bits per heavy atom. The third-order valence-corrected chi connectivity index (χ3v) is 4.37. The Balaban J connectivity index is 1.94. The lowest BCUT2D eigenvalue weighted by molar-refractivity contribution is -0.133. The number of amides is 1. The molecular weight excluding hydrogens is 252 g/mol. The van der Waals surface area contributed by atoms with Gasteiger partial charge in [0, 0.05) is 12.7 Å². The average molecular weight is 276 g/mol. The van der Waals surface area contributed by atoms with Crippen LogP contribution in [0, 0.1) is 18.3 Å². The number of rotatable bonds is 4. The molecule has 3 N–H and O–H groups in total. The Kier molecular flexibility index (Phi) is 4.70. The van der Waals surface area contributed by atoms with Gasteiger partial charge in [-0.25, -0.2) is 0 Å². The van der Waals surface area contributed by atoms with E-state index in [1.165, 1.54) is 0 Å². The molecule has 1 aromatic rings. The normalized spacial score (nSPS) is 26.2. The van der Waals surface area contributed by atoms with Crippen molar-refractivity contribution >= 4 is 5.91 Å². The molecule has 0 atom stereocenters. The first-order valence-electron chi connectivity index (χ1n) is 7.31. The van der Waals surface area contributed by atoms with Gasteiger partial charge in [0.2, 0.25) is 5.91 Å². The van der Waals surface area contributed by atoms with Crippen molar-refractivity contribution in [1.29, 1.82) is 0 Å². The molecule has 1 amide bonds. The van der Waals surface area contributed by atoms with Gasteiger partial charge in [0.15, 0.2) is 0 Å². The summed E-state index contributed by atoms with van der Waals surface area (Å²) in [6, 6.07) is 0. The lowest BCUT2D eigenvalue weighted by atomic mass is 9.70. The van der Waals surface area contributed by atoms with Gasteiger partial charge in [-0.1, -0.05) is 6.92 Å². The third-order valence-electron chi connectivity index (χ3n) is 4.37. The van der Waals surface area contributed by atoms with Crippen LogP contribution in [0.1, 0.15) is 44.0 Å². The van der Waals surface area contributed by atoms with E-state index in [0.29, 0.717) is 19.0 Å². The summed E-state index contributed by atoms with van der Waals surface area (Å²) in [4.78, 5) is 20.9. The Labute approximate surface area is 120 Å². The molecule has 1 aliphatic rings. The molecule has 1 aliphatic carbocycles. The first-order valence-corrected chi connectivity index (χ1v) is 7.31. The van der Waals surface area contributed by atoms with Crippen LogP contribution in [-0.2, 0) is 11.3 Å². The van der Waals surface area contributed by atoms with Crippen molar-refractivity contribution in [3.05, 3.63) is 23.8 Å². The predicted molar refractivity (Wildman–Crippen MR) is 77.7 cm³/mol. The molecule has 0 bridgehead atoms. The lowest BCUT2D eigenvalue weighted by Crippen LogP contribution is -2.47. The molecule has 1 fully saturated rings. The smallest absolute Gasteiger partial charge is 0.227 e. The number of hydrogen-bond acceptors (Lipinski definition) is 4. The summed E-state index contributed by atoms with van der Waals surface area (Å²) < 4.78 is 0. The molecule has 0 aromatic carbocycles. The Hall–Kier alpha value is -1.49. The topological polar surface area (TPSA) is 80.9 Å². The summed E-state index contributed by atoms with van der Waals surface area (Å²) in [5.41, 5.74) is 7.15. The number of nitrogens with zero attached hydrogens (tertiary/aromatic N) is 2. The zero-order chi connectivity index (χ0) is 14.6. The van der Waals surface area contributed by atoms with E-state index in [1.807, 2.05) is 6.92 Å². The first kappa shape index (κ1) is 14.9. The average Bonchev–Trinajstić information content (AvgIpc) is 2.47.